The molecule has 2 nitrogen and oxygen atoms in total. The topological polar surface area (TPSA) is 29.1 Å². The van der Waals surface area contributed by atoms with E-state index in [2.05, 4.69) is 5.32 Å². The van der Waals surface area contributed by atoms with Crippen molar-refractivity contribution in [2.75, 3.05) is 0 Å². The van der Waals surface area contributed by atoms with Crippen LogP contribution in [0, 0.1) is 0 Å². The molecule has 1 aromatic rings. The Morgan fingerprint density at radius 3 is 2.55 bits per heavy atom. The summed E-state index contributed by atoms with van der Waals surface area (Å²) < 4.78 is 0. The number of hydrogen-bond donors (Lipinski definition) is 1. The molecule has 0 saturated heterocycles. The van der Waals surface area contributed by atoms with Crippen LogP contribution in [0.5, 0.6) is 0 Å². The van der Waals surface area contributed by atoms with Crippen LogP contribution in [-0.2, 0) is 6.54 Å². The van der Waals surface area contributed by atoms with Crippen molar-refractivity contribution >= 4 is 13.7 Å². The van der Waals surface area contributed by atoms with Gasteiger partial charge in [0.25, 0.3) is 0 Å². The van der Waals surface area contributed by atoms with Crippen molar-refractivity contribution < 1.29 is 4.79 Å². The molecule has 1 amide bonds. The lowest BCUT2D eigenvalue weighted by atomic mass is 10.1. The Kier molecular flexibility index (Phi) is 2.72. The fourth-order valence-corrected chi connectivity index (χ4v) is 0.785. The first-order chi connectivity index (χ1) is 5.29. The maximum Gasteiger partial charge on any atom is 0.200 e. The molecule has 0 saturated carbocycles. The molecule has 2 radical (unpaired) electrons. The van der Waals surface area contributed by atoms with E-state index in [-0.39, 0.29) is 0 Å². The van der Waals surface area contributed by atoms with Crippen LogP contribution in [0.1, 0.15) is 5.56 Å². The van der Waals surface area contributed by atoms with Crippen LogP contribution in [0.3, 0.4) is 0 Å². The van der Waals surface area contributed by atoms with Crippen LogP contribution in [0.25, 0.3) is 0 Å². The van der Waals surface area contributed by atoms with Gasteiger partial charge in [-0.2, -0.15) is 0 Å². The molecule has 0 heterocycles. The number of hydrogen-bond acceptors (Lipinski definition) is 1. The molecule has 1 N–H and O–H groups in total. The van der Waals surface area contributed by atoms with Gasteiger partial charge < -0.3 is 5.32 Å². The summed E-state index contributed by atoms with van der Waals surface area (Å²) in [6, 6.07) is 9.61. The van der Waals surface area contributed by atoms with Crippen LogP contribution in [0.15, 0.2) is 30.3 Å². The van der Waals surface area contributed by atoms with Crippen LogP contribution in [-0.4, -0.2) is 13.7 Å². The molecule has 0 aliphatic carbocycles. The summed E-state index contributed by atoms with van der Waals surface area (Å²) in [5, 5.41) is 2.50. The van der Waals surface area contributed by atoms with Crippen molar-refractivity contribution in [1.82, 2.24) is 5.32 Å². The molecule has 0 atom stereocenters. The molecule has 0 aromatic heterocycles. The number of carbonyl (C=O) groups excluding carboxylic acids is 1. The second kappa shape index (κ2) is 3.81. The molecule has 0 aliphatic heterocycles. The van der Waals surface area contributed by atoms with E-state index in [1.807, 2.05) is 30.3 Å². The zero-order chi connectivity index (χ0) is 8.10. The zero-order valence-electron chi connectivity index (χ0n) is 6.08. The van der Waals surface area contributed by atoms with Gasteiger partial charge in [0.15, 0.2) is 5.81 Å². The highest BCUT2D eigenvalue weighted by Crippen LogP contribution is 1.96. The quantitative estimate of drug-likeness (QED) is 0.619. The van der Waals surface area contributed by atoms with Gasteiger partial charge in [-0.1, -0.05) is 30.3 Å². The normalized spacial score (nSPS) is 9.09. The molecular weight excluding hydrogens is 137 g/mol. The second-order valence-corrected chi connectivity index (χ2v) is 2.20. The first-order valence-corrected chi connectivity index (χ1v) is 3.36. The fraction of sp³-hybridized carbons (Fsp3) is 0.125. The van der Waals surface area contributed by atoms with Gasteiger partial charge in [0.05, 0.1) is 0 Å². The summed E-state index contributed by atoms with van der Waals surface area (Å²) in [4.78, 5) is 10.3. The fourth-order valence-electron chi connectivity index (χ4n) is 0.785. The lowest BCUT2D eigenvalue weighted by molar-refractivity contribution is 0.259. The maximum atomic E-state index is 10.3. The highest BCUT2D eigenvalue weighted by molar-refractivity contribution is 6.57. The SMILES string of the molecule is [B]C(=O)NCc1ccccc1. The van der Waals surface area contributed by atoms with Crippen molar-refractivity contribution in [2.24, 2.45) is 0 Å². The Morgan fingerprint density at radius 1 is 1.36 bits per heavy atom. The van der Waals surface area contributed by atoms with E-state index < -0.39 is 5.81 Å². The van der Waals surface area contributed by atoms with Crippen LogP contribution in [0.2, 0.25) is 0 Å². The van der Waals surface area contributed by atoms with Crippen molar-refractivity contribution in [1.29, 1.82) is 0 Å². The average Bonchev–Trinajstić information content (AvgIpc) is 2.03. The van der Waals surface area contributed by atoms with E-state index in [0.717, 1.165) is 5.56 Å². The maximum absolute atomic E-state index is 10.3. The minimum Gasteiger partial charge on any atom is -0.362 e. The lowest BCUT2D eigenvalue weighted by Crippen LogP contribution is -2.20. The molecule has 0 unspecified atom stereocenters. The summed E-state index contributed by atoms with van der Waals surface area (Å²) in [6.45, 7) is 0.496. The standard InChI is InChI=1S/C8H8BNO/c9-8(11)10-6-7-4-2-1-3-5-7/h1-5H,6H2,(H,10,11). The van der Waals surface area contributed by atoms with Gasteiger partial charge in [-0.25, -0.2) is 0 Å². The Labute approximate surface area is 67.0 Å². The Balaban J connectivity index is 2.45. The van der Waals surface area contributed by atoms with Gasteiger partial charge in [-0.15, -0.1) is 0 Å². The molecule has 0 aliphatic rings. The third-order valence-electron chi connectivity index (χ3n) is 1.31. The van der Waals surface area contributed by atoms with Gasteiger partial charge in [-0.3, -0.25) is 4.79 Å². The summed E-state index contributed by atoms with van der Waals surface area (Å²) in [5.74, 6) is -0.492. The van der Waals surface area contributed by atoms with Gasteiger partial charge in [0.2, 0.25) is 7.85 Å². The van der Waals surface area contributed by atoms with Gasteiger partial charge >= 0.3 is 0 Å². The van der Waals surface area contributed by atoms with E-state index in [9.17, 15) is 4.79 Å². The predicted molar refractivity (Wildman–Crippen MR) is 44.4 cm³/mol. The number of amides is 1. The van der Waals surface area contributed by atoms with Crippen LogP contribution < -0.4 is 5.32 Å². The number of carbonyl (C=O) groups is 1. The zero-order valence-corrected chi connectivity index (χ0v) is 6.08. The van der Waals surface area contributed by atoms with Gasteiger partial charge in [-0.05, 0) is 5.56 Å². The van der Waals surface area contributed by atoms with E-state index >= 15 is 0 Å². The van der Waals surface area contributed by atoms with Crippen molar-refractivity contribution in [2.45, 2.75) is 6.54 Å². The Bertz CT molecular complexity index is 235. The Hall–Kier alpha value is -1.25. The third-order valence-corrected chi connectivity index (χ3v) is 1.31. The highest BCUT2D eigenvalue weighted by Gasteiger charge is 1.90. The number of rotatable bonds is 2. The summed E-state index contributed by atoms with van der Waals surface area (Å²) in [6.07, 6.45) is 0. The van der Waals surface area contributed by atoms with Crippen LogP contribution in [0.4, 0.5) is 4.79 Å². The van der Waals surface area contributed by atoms with E-state index in [1.165, 1.54) is 0 Å². The molecule has 1 aromatic carbocycles. The molecule has 54 valence electrons. The predicted octanol–water partition coefficient (Wildman–Crippen LogP) is 1.06. The first kappa shape index (κ1) is 7.86. The first-order valence-electron chi connectivity index (χ1n) is 3.36. The molecule has 1 rings (SSSR count). The molecule has 0 fully saturated rings. The monoisotopic (exact) mass is 145 g/mol. The van der Waals surface area contributed by atoms with Crippen LogP contribution >= 0.6 is 0 Å². The molecule has 3 heteroatoms. The molecular formula is C8H8BNO. The minimum atomic E-state index is -0.492. The summed E-state index contributed by atoms with van der Waals surface area (Å²) in [7, 11) is 4.89. The van der Waals surface area contributed by atoms with E-state index in [4.69, 9.17) is 7.85 Å². The van der Waals surface area contributed by atoms with Crippen molar-refractivity contribution in [3.63, 3.8) is 0 Å². The highest BCUT2D eigenvalue weighted by atomic mass is 16.1. The number of benzene rings is 1. The lowest BCUT2D eigenvalue weighted by Gasteiger charge is -2.00. The minimum absolute atomic E-state index is 0.492. The number of nitrogens with one attached hydrogen (secondary N) is 1. The molecule has 0 spiro atoms. The average molecular weight is 145 g/mol. The van der Waals surface area contributed by atoms with E-state index in [0.29, 0.717) is 6.54 Å². The summed E-state index contributed by atoms with van der Waals surface area (Å²) >= 11 is 0. The summed E-state index contributed by atoms with van der Waals surface area (Å²) in [5.41, 5.74) is 1.05. The van der Waals surface area contributed by atoms with E-state index in [1.54, 1.807) is 0 Å². The Morgan fingerprint density at radius 2 is 2.00 bits per heavy atom. The van der Waals surface area contributed by atoms with Gasteiger partial charge in [0, 0.05) is 6.54 Å². The smallest absolute Gasteiger partial charge is 0.200 e. The largest absolute Gasteiger partial charge is 0.362 e. The van der Waals surface area contributed by atoms with Gasteiger partial charge in [0.1, 0.15) is 0 Å². The van der Waals surface area contributed by atoms with Crippen molar-refractivity contribution in [3.8, 4) is 0 Å². The molecule has 0 bridgehead atoms. The van der Waals surface area contributed by atoms with Crippen molar-refractivity contribution in [3.05, 3.63) is 35.9 Å². The third kappa shape index (κ3) is 2.89. The second-order valence-electron chi connectivity index (χ2n) is 2.20. The molecule has 11 heavy (non-hydrogen) atoms.